The van der Waals surface area contributed by atoms with Crippen molar-refractivity contribution < 1.29 is 21.1 Å². The fourth-order valence-electron chi connectivity index (χ4n) is 4.48. The molecule has 0 unspecified atom stereocenters. The molecule has 0 fully saturated rings. The third-order valence-corrected chi connectivity index (χ3v) is 6.12. The molecule has 0 aromatic heterocycles. The van der Waals surface area contributed by atoms with Crippen LogP contribution in [0, 0.1) is 12.1 Å². The molecule has 0 spiro atoms. The number of hydrogen-bond donors (Lipinski definition) is 0. The van der Waals surface area contributed by atoms with E-state index in [0.717, 1.165) is 25.9 Å². The quantitative estimate of drug-likeness (QED) is 0.221. The summed E-state index contributed by atoms with van der Waals surface area (Å²) in [5.74, 6) is 0. The molecule has 0 radical (unpaired) electrons. The average molecular weight is 612 g/mol. The van der Waals surface area contributed by atoms with Crippen molar-refractivity contribution in [2.45, 2.75) is 25.9 Å². The van der Waals surface area contributed by atoms with E-state index >= 15 is 0 Å². The number of aryl methyl sites for hydroxylation is 4. The maximum atomic E-state index is 3.33. The van der Waals surface area contributed by atoms with Gasteiger partial charge in [0, 0.05) is 13.1 Å². The summed E-state index contributed by atoms with van der Waals surface area (Å²) in [6.45, 7) is 1.84. The SMILES string of the molecule is [Pt+4].[c-]1ccccc1CCn1cc2c3ccccc3c3cn(CCc4[c-]cccc4)[cH-]n-3n-2[cH-]1. The van der Waals surface area contributed by atoms with E-state index in [1.807, 2.05) is 24.3 Å². The van der Waals surface area contributed by atoms with E-state index in [-0.39, 0.29) is 21.1 Å². The molecular formula is C28H24N4Pt. The molecule has 6 rings (SSSR count). The van der Waals surface area contributed by atoms with E-state index in [9.17, 15) is 0 Å². The number of rotatable bonds is 6. The third-order valence-electron chi connectivity index (χ3n) is 6.12. The molecule has 0 bridgehead atoms. The molecule has 0 aliphatic carbocycles. The van der Waals surface area contributed by atoms with Gasteiger partial charge < -0.3 is 18.5 Å². The molecule has 0 saturated carbocycles. The third kappa shape index (κ3) is 4.23. The molecule has 0 saturated heterocycles. The van der Waals surface area contributed by atoms with Crippen LogP contribution in [0.25, 0.3) is 22.1 Å². The van der Waals surface area contributed by atoms with Crippen molar-refractivity contribution >= 4 is 10.8 Å². The molecule has 3 heterocycles. The van der Waals surface area contributed by atoms with Gasteiger partial charge in [0.15, 0.2) is 0 Å². The topological polar surface area (TPSA) is 19.7 Å². The maximum absolute atomic E-state index is 3.33. The molecule has 3 aromatic rings. The predicted octanol–water partition coefficient (Wildman–Crippen LogP) is 5.55. The van der Waals surface area contributed by atoms with Crippen LogP contribution in [0.5, 0.6) is 0 Å². The predicted molar refractivity (Wildman–Crippen MR) is 128 cm³/mol. The zero-order valence-electron chi connectivity index (χ0n) is 18.2. The van der Waals surface area contributed by atoms with Crippen LogP contribution in [0.2, 0.25) is 0 Å². The Labute approximate surface area is 208 Å². The summed E-state index contributed by atoms with van der Waals surface area (Å²) in [5.41, 5.74) is 4.90. The Kier molecular flexibility index (Phi) is 6.11. The number of imidazole rings is 2. The summed E-state index contributed by atoms with van der Waals surface area (Å²) >= 11 is 0. The van der Waals surface area contributed by atoms with Gasteiger partial charge in [0.25, 0.3) is 0 Å². The van der Waals surface area contributed by atoms with Gasteiger partial charge in [-0.15, -0.1) is 12.4 Å². The maximum Gasteiger partial charge on any atom is 4.00 e. The van der Waals surface area contributed by atoms with Gasteiger partial charge in [-0.2, -0.15) is 71.8 Å². The molecular weight excluding hydrogens is 587 g/mol. The van der Waals surface area contributed by atoms with Crippen LogP contribution >= 0.6 is 0 Å². The minimum absolute atomic E-state index is 0. The molecule has 3 aliphatic rings. The smallest absolute Gasteiger partial charge is 0.452 e. The van der Waals surface area contributed by atoms with Crippen LogP contribution < -0.4 is 0 Å². The summed E-state index contributed by atoms with van der Waals surface area (Å²) in [6, 6.07) is 31.8. The van der Waals surface area contributed by atoms with Crippen LogP contribution in [-0.2, 0) is 47.0 Å². The molecule has 0 atom stereocenters. The molecule has 0 amide bonds. The number of aromatic nitrogens is 4. The van der Waals surface area contributed by atoms with Gasteiger partial charge in [-0.05, 0) is 25.5 Å². The van der Waals surface area contributed by atoms with E-state index in [1.54, 1.807) is 0 Å². The van der Waals surface area contributed by atoms with Crippen molar-refractivity contribution in [2.24, 2.45) is 0 Å². The summed E-state index contributed by atoms with van der Waals surface area (Å²) in [6.07, 6.45) is 10.8. The van der Waals surface area contributed by atoms with Crippen LogP contribution in [-0.4, -0.2) is 18.5 Å². The number of hydrogen-bond acceptors (Lipinski definition) is 0. The van der Waals surface area contributed by atoms with Gasteiger partial charge >= 0.3 is 21.1 Å². The first-order valence-corrected chi connectivity index (χ1v) is 11.1. The standard InChI is InChI=1S/C28H24N4.Pt/c1-3-9-23(10-4-1)15-17-29-19-27-25-13-7-8-14-26(25)28-20-30(22-32(28)31(27)21-29)18-16-24-11-5-2-6-12-24;/h1-9,11,13-14,19-22H,15-18H2;/q-4;+4. The van der Waals surface area contributed by atoms with E-state index in [0.29, 0.717) is 0 Å². The van der Waals surface area contributed by atoms with Gasteiger partial charge in [-0.1, -0.05) is 46.4 Å². The monoisotopic (exact) mass is 611 g/mol. The molecule has 5 heteroatoms. The Morgan fingerprint density at radius 3 is 1.48 bits per heavy atom. The second-order valence-electron chi connectivity index (χ2n) is 8.25. The summed E-state index contributed by atoms with van der Waals surface area (Å²) in [4.78, 5) is 0. The Bertz CT molecular complexity index is 1310. The second kappa shape index (κ2) is 9.33. The summed E-state index contributed by atoms with van der Waals surface area (Å²) in [7, 11) is 0. The molecule has 3 aliphatic heterocycles. The molecule has 0 N–H and O–H groups in total. The van der Waals surface area contributed by atoms with Gasteiger partial charge in [0.05, 0.1) is 0 Å². The van der Waals surface area contributed by atoms with Crippen molar-refractivity contribution in [3.8, 4) is 11.4 Å². The van der Waals surface area contributed by atoms with E-state index in [1.165, 1.54) is 33.3 Å². The fourth-order valence-corrected chi connectivity index (χ4v) is 4.48. The summed E-state index contributed by atoms with van der Waals surface area (Å²) in [5, 5.41) is 2.54. The normalized spacial score (nSPS) is 11.3. The van der Waals surface area contributed by atoms with Crippen molar-refractivity contribution in [3.63, 3.8) is 0 Å². The van der Waals surface area contributed by atoms with Crippen molar-refractivity contribution in [1.29, 1.82) is 0 Å². The fraction of sp³-hybridized carbons (Fsp3) is 0.143. The second-order valence-corrected chi connectivity index (χ2v) is 8.25. The minimum Gasteiger partial charge on any atom is -0.452 e. The van der Waals surface area contributed by atoms with E-state index < -0.39 is 0 Å². The average Bonchev–Trinajstić information content (AvgIpc) is 3.48. The van der Waals surface area contributed by atoms with Crippen LogP contribution in [0.4, 0.5) is 0 Å². The van der Waals surface area contributed by atoms with Crippen molar-refractivity contribution in [3.05, 3.63) is 121 Å². The number of benzene rings is 3. The Morgan fingerprint density at radius 2 is 1.06 bits per heavy atom. The Morgan fingerprint density at radius 1 is 0.606 bits per heavy atom. The Balaban J connectivity index is 0.00000228. The number of nitrogens with zero attached hydrogens (tertiary/aromatic N) is 4. The van der Waals surface area contributed by atoms with Crippen molar-refractivity contribution in [1.82, 2.24) is 18.5 Å². The molecule has 3 aromatic carbocycles. The first kappa shape index (κ1) is 21.6. The first-order chi connectivity index (χ1) is 15.8. The van der Waals surface area contributed by atoms with Crippen LogP contribution in [0.3, 0.4) is 0 Å². The zero-order chi connectivity index (χ0) is 21.3. The van der Waals surface area contributed by atoms with Crippen LogP contribution in [0.15, 0.2) is 97.8 Å². The minimum atomic E-state index is 0. The van der Waals surface area contributed by atoms with Crippen molar-refractivity contribution in [2.75, 3.05) is 0 Å². The van der Waals surface area contributed by atoms with Gasteiger partial charge in [-0.3, -0.25) is 0 Å². The van der Waals surface area contributed by atoms with Gasteiger partial charge in [0.1, 0.15) is 0 Å². The molecule has 33 heavy (non-hydrogen) atoms. The van der Waals surface area contributed by atoms with Crippen LogP contribution in [0.1, 0.15) is 11.1 Å². The molecule has 4 nitrogen and oxygen atoms in total. The largest absolute Gasteiger partial charge is 4.00 e. The Hall–Kier alpha value is -3.23. The first-order valence-electron chi connectivity index (χ1n) is 11.1. The number of fused-ring (bicyclic) bond motifs is 6. The molecule has 166 valence electrons. The van der Waals surface area contributed by atoms with E-state index in [4.69, 9.17) is 0 Å². The zero-order valence-corrected chi connectivity index (χ0v) is 20.4. The van der Waals surface area contributed by atoms with Gasteiger partial charge in [-0.25, -0.2) is 0 Å². The van der Waals surface area contributed by atoms with Gasteiger partial charge in [0.2, 0.25) is 0 Å². The van der Waals surface area contributed by atoms with E-state index in [2.05, 4.69) is 104 Å². The summed E-state index contributed by atoms with van der Waals surface area (Å²) < 4.78 is 9.09.